The summed E-state index contributed by atoms with van der Waals surface area (Å²) >= 11 is 0. The summed E-state index contributed by atoms with van der Waals surface area (Å²) in [6, 6.07) is -0.00772. The topological polar surface area (TPSA) is 95.6 Å². The van der Waals surface area contributed by atoms with Crippen molar-refractivity contribution in [1.82, 2.24) is 15.4 Å². The molecule has 23 heavy (non-hydrogen) atoms. The molecule has 7 nitrogen and oxygen atoms in total. The maximum Gasteiger partial charge on any atom is 0.235 e. The van der Waals surface area contributed by atoms with Gasteiger partial charge >= 0.3 is 0 Å². The molecule has 128 valence electrons. The lowest BCUT2D eigenvalue weighted by molar-refractivity contribution is -0.139. The lowest BCUT2D eigenvalue weighted by atomic mass is 9.85. The molecule has 2 unspecified atom stereocenters. The average Bonchev–Trinajstić information content (AvgIpc) is 2.55. The van der Waals surface area contributed by atoms with Gasteiger partial charge in [-0.25, -0.2) is 0 Å². The molecule has 1 aliphatic rings. The second-order valence-electron chi connectivity index (χ2n) is 5.92. The zero-order valence-corrected chi connectivity index (χ0v) is 14.0. The highest BCUT2D eigenvalue weighted by Crippen LogP contribution is 2.23. The Hall–Kier alpha value is -1.86. The molecule has 0 aromatic carbocycles. The third-order valence-electron chi connectivity index (χ3n) is 4.07. The van der Waals surface area contributed by atoms with Crippen LogP contribution in [0.15, 0.2) is 0 Å². The van der Waals surface area contributed by atoms with Crippen LogP contribution in [0.25, 0.3) is 0 Å². The fourth-order valence-corrected chi connectivity index (χ4v) is 2.78. The molecule has 1 rings (SSSR count). The summed E-state index contributed by atoms with van der Waals surface area (Å²) in [5, 5.41) is 5.32. The number of nitrogens with one attached hydrogen (secondary N) is 2. The highest BCUT2D eigenvalue weighted by atomic mass is 16.2. The van der Waals surface area contributed by atoms with E-state index in [1.807, 2.05) is 13.8 Å². The number of piperidine rings is 1. The number of nitrogens with zero attached hydrogens (tertiary/aromatic N) is 1. The van der Waals surface area contributed by atoms with Crippen LogP contribution in [0.4, 0.5) is 0 Å². The number of rotatable bonds is 8. The highest BCUT2D eigenvalue weighted by molar-refractivity contribution is 6.36. The number of carbonyl (C=O) groups excluding carboxylic acids is 4. The van der Waals surface area contributed by atoms with Gasteiger partial charge < -0.3 is 20.2 Å². The van der Waals surface area contributed by atoms with Crippen LogP contribution in [0, 0.1) is 5.92 Å². The zero-order chi connectivity index (χ0) is 17.2. The number of hydrogen-bond acceptors (Lipinski definition) is 4. The van der Waals surface area contributed by atoms with E-state index < -0.39 is 0 Å². The molecule has 2 N–H and O–H groups in total. The summed E-state index contributed by atoms with van der Waals surface area (Å²) in [7, 11) is 0.683. The predicted octanol–water partition coefficient (Wildman–Crippen LogP) is -0.385. The normalized spacial score (nSPS) is 20.5. The molecule has 3 amide bonds. The van der Waals surface area contributed by atoms with Gasteiger partial charge in [0.1, 0.15) is 6.29 Å². The second kappa shape index (κ2) is 10.0. The summed E-state index contributed by atoms with van der Waals surface area (Å²) in [4.78, 5) is 47.5. The van der Waals surface area contributed by atoms with Crippen molar-refractivity contribution in [1.29, 1.82) is 0 Å². The number of aldehydes is 1. The van der Waals surface area contributed by atoms with Crippen LogP contribution >= 0.6 is 0 Å². The monoisotopic (exact) mass is 323 g/mol. The van der Waals surface area contributed by atoms with E-state index in [1.54, 1.807) is 4.90 Å². The molecule has 0 spiro atoms. The Morgan fingerprint density at radius 2 is 2.04 bits per heavy atom. The van der Waals surface area contributed by atoms with Crippen molar-refractivity contribution < 1.29 is 19.2 Å². The molecule has 1 fully saturated rings. The van der Waals surface area contributed by atoms with Crippen LogP contribution in [0.1, 0.15) is 39.5 Å². The molecule has 0 aromatic rings. The quantitative estimate of drug-likeness (QED) is 0.470. The Balaban J connectivity index is 2.39. The molecule has 2 atom stereocenters. The molecule has 8 heteroatoms. The van der Waals surface area contributed by atoms with Crippen molar-refractivity contribution >= 4 is 31.4 Å². The maximum absolute atomic E-state index is 12.2. The van der Waals surface area contributed by atoms with Gasteiger partial charge in [0, 0.05) is 31.3 Å². The Bertz CT molecular complexity index is 444. The average molecular weight is 323 g/mol. The largest absolute Gasteiger partial charge is 0.402 e. The minimum atomic E-state index is -0.299. The number of likely N-dealkylation sites (tertiary alicyclic amines) is 1. The smallest absolute Gasteiger partial charge is 0.235 e. The summed E-state index contributed by atoms with van der Waals surface area (Å²) in [6.45, 7) is 4.46. The van der Waals surface area contributed by atoms with E-state index in [0.717, 1.165) is 6.32 Å². The van der Waals surface area contributed by atoms with E-state index in [1.165, 1.54) is 0 Å². The van der Waals surface area contributed by atoms with Gasteiger partial charge in [-0.1, -0.05) is 13.2 Å². The Morgan fingerprint density at radius 1 is 1.30 bits per heavy atom. The fourth-order valence-electron chi connectivity index (χ4n) is 2.78. The second-order valence-corrected chi connectivity index (χ2v) is 5.92. The van der Waals surface area contributed by atoms with Crippen molar-refractivity contribution in [3.8, 4) is 0 Å². The minimum absolute atomic E-state index is 0.00772. The van der Waals surface area contributed by atoms with Crippen molar-refractivity contribution in [2.75, 3.05) is 13.1 Å². The van der Waals surface area contributed by atoms with E-state index in [0.29, 0.717) is 33.1 Å². The highest BCUT2D eigenvalue weighted by Gasteiger charge is 2.31. The van der Waals surface area contributed by atoms with Crippen molar-refractivity contribution in [3.63, 3.8) is 0 Å². The molecular formula is C15H26BN3O4. The molecule has 1 aliphatic heterocycles. The SMILES string of the molecule is CCBNC(=O)C1CCN(C(=O)CCC(=O)NCC=O)C(C)C1. The third kappa shape index (κ3) is 6.42. The first-order valence-corrected chi connectivity index (χ1v) is 8.27. The molecule has 1 heterocycles. The number of carbonyl (C=O) groups is 4. The molecular weight excluding hydrogens is 297 g/mol. The molecule has 0 aliphatic carbocycles. The summed E-state index contributed by atoms with van der Waals surface area (Å²) in [6.07, 6.45) is 3.03. The van der Waals surface area contributed by atoms with Gasteiger partial charge in [0.2, 0.25) is 25.1 Å². The minimum Gasteiger partial charge on any atom is -0.402 e. The van der Waals surface area contributed by atoms with Crippen LogP contribution in [0.2, 0.25) is 6.32 Å². The lowest BCUT2D eigenvalue weighted by Crippen LogP contribution is -2.48. The summed E-state index contributed by atoms with van der Waals surface area (Å²) < 4.78 is 0. The first-order chi connectivity index (χ1) is 11.0. The van der Waals surface area contributed by atoms with Crippen LogP contribution in [-0.2, 0) is 19.2 Å². The van der Waals surface area contributed by atoms with Crippen molar-refractivity contribution in [2.24, 2.45) is 5.92 Å². The predicted molar refractivity (Wildman–Crippen MR) is 88.0 cm³/mol. The first-order valence-electron chi connectivity index (χ1n) is 8.27. The van der Waals surface area contributed by atoms with E-state index >= 15 is 0 Å². The molecule has 0 saturated carbocycles. The number of amides is 3. The van der Waals surface area contributed by atoms with Crippen molar-refractivity contribution in [2.45, 2.75) is 51.9 Å². The maximum atomic E-state index is 12.2. The van der Waals surface area contributed by atoms with Crippen LogP contribution in [0.3, 0.4) is 0 Å². The van der Waals surface area contributed by atoms with Crippen molar-refractivity contribution in [3.05, 3.63) is 0 Å². The van der Waals surface area contributed by atoms with E-state index in [-0.39, 0.29) is 49.1 Å². The van der Waals surface area contributed by atoms with Gasteiger partial charge in [0.15, 0.2) is 0 Å². The Kier molecular flexibility index (Phi) is 8.36. The van der Waals surface area contributed by atoms with Gasteiger partial charge in [0.05, 0.1) is 6.54 Å². The van der Waals surface area contributed by atoms with E-state index in [2.05, 4.69) is 10.5 Å². The zero-order valence-electron chi connectivity index (χ0n) is 14.0. The Morgan fingerprint density at radius 3 is 2.65 bits per heavy atom. The first kappa shape index (κ1) is 19.2. The summed E-state index contributed by atoms with van der Waals surface area (Å²) in [5.41, 5.74) is 0. The van der Waals surface area contributed by atoms with Gasteiger partial charge in [-0.2, -0.15) is 0 Å². The van der Waals surface area contributed by atoms with Gasteiger partial charge in [-0.3, -0.25) is 14.4 Å². The molecule has 0 aromatic heterocycles. The van der Waals surface area contributed by atoms with Crippen LogP contribution in [0.5, 0.6) is 0 Å². The van der Waals surface area contributed by atoms with Crippen LogP contribution < -0.4 is 10.5 Å². The molecule has 0 bridgehead atoms. The lowest BCUT2D eigenvalue weighted by Gasteiger charge is -2.37. The third-order valence-corrected chi connectivity index (χ3v) is 4.07. The summed E-state index contributed by atoms with van der Waals surface area (Å²) in [5.74, 6) is -0.353. The molecule has 0 radical (unpaired) electrons. The standard InChI is InChI=1S/C15H26BN3O4/c1-3-16-18-15(23)12-6-8-19(11(2)10-12)14(22)5-4-13(21)17-7-9-20/h9,11-12,16H,3-8,10H2,1-2H3,(H,17,21)(H,18,23). The number of hydrogen-bond donors (Lipinski definition) is 2. The van der Waals surface area contributed by atoms with Gasteiger partial charge in [0.25, 0.3) is 0 Å². The van der Waals surface area contributed by atoms with Gasteiger partial charge in [-0.05, 0) is 19.8 Å². The molecule has 1 saturated heterocycles. The van der Waals surface area contributed by atoms with E-state index in [9.17, 15) is 19.2 Å². The van der Waals surface area contributed by atoms with Gasteiger partial charge in [-0.15, -0.1) is 0 Å². The van der Waals surface area contributed by atoms with Crippen LogP contribution in [-0.4, -0.2) is 55.5 Å². The fraction of sp³-hybridized carbons (Fsp3) is 0.733. The Labute approximate surface area is 137 Å². The van der Waals surface area contributed by atoms with E-state index in [4.69, 9.17) is 0 Å².